The van der Waals surface area contributed by atoms with Crippen LogP contribution in [0.1, 0.15) is 6.42 Å². The predicted octanol–water partition coefficient (Wildman–Crippen LogP) is 0.944. The van der Waals surface area contributed by atoms with Gasteiger partial charge in [0.1, 0.15) is 5.82 Å². The van der Waals surface area contributed by atoms with Gasteiger partial charge in [0.05, 0.1) is 6.20 Å². The molecule has 1 saturated heterocycles. The van der Waals surface area contributed by atoms with Crippen LogP contribution in [-0.2, 0) is 0 Å². The standard InChI is InChI=1S/C10H16N4.ClH/c1-14(8-9-2-3-11-6-9)10-7-12-4-5-13-10;/h4-5,7,9,11H,2-3,6,8H2,1H3;1H. The Morgan fingerprint density at radius 1 is 1.53 bits per heavy atom. The number of nitrogens with zero attached hydrogens (tertiary/aromatic N) is 3. The minimum atomic E-state index is 0. The zero-order chi connectivity index (χ0) is 9.80. The fraction of sp³-hybridized carbons (Fsp3) is 0.600. The molecule has 84 valence electrons. The van der Waals surface area contributed by atoms with Crippen molar-refractivity contribution in [2.24, 2.45) is 5.92 Å². The molecule has 1 fully saturated rings. The summed E-state index contributed by atoms with van der Waals surface area (Å²) in [5.74, 6) is 1.71. The van der Waals surface area contributed by atoms with E-state index in [2.05, 4.69) is 27.2 Å². The third-order valence-corrected chi connectivity index (χ3v) is 2.64. The second kappa shape index (κ2) is 5.88. The first-order valence-corrected chi connectivity index (χ1v) is 5.04. The number of anilines is 1. The summed E-state index contributed by atoms with van der Waals surface area (Å²) < 4.78 is 0. The molecule has 0 aliphatic carbocycles. The fourth-order valence-electron chi connectivity index (χ4n) is 1.84. The average Bonchev–Trinajstić information content (AvgIpc) is 2.72. The minimum Gasteiger partial charge on any atom is -0.358 e. The first-order chi connectivity index (χ1) is 6.86. The Morgan fingerprint density at radius 2 is 2.40 bits per heavy atom. The van der Waals surface area contributed by atoms with Crippen LogP contribution < -0.4 is 10.2 Å². The van der Waals surface area contributed by atoms with Gasteiger partial charge >= 0.3 is 0 Å². The Kier molecular flexibility index (Phi) is 4.78. The molecule has 1 aromatic rings. The van der Waals surface area contributed by atoms with Crippen LogP contribution in [0, 0.1) is 5.92 Å². The molecule has 0 spiro atoms. The largest absolute Gasteiger partial charge is 0.358 e. The molecule has 1 unspecified atom stereocenters. The highest BCUT2D eigenvalue weighted by molar-refractivity contribution is 5.85. The zero-order valence-electron chi connectivity index (χ0n) is 8.89. The second-order valence-electron chi connectivity index (χ2n) is 3.80. The summed E-state index contributed by atoms with van der Waals surface area (Å²) >= 11 is 0. The number of aromatic nitrogens is 2. The van der Waals surface area contributed by atoms with Crippen molar-refractivity contribution in [3.05, 3.63) is 18.6 Å². The molecule has 1 aromatic heterocycles. The van der Waals surface area contributed by atoms with Crippen molar-refractivity contribution in [1.82, 2.24) is 15.3 Å². The van der Waals surface area contributed by atoms with Crippen LogP contribution in [0.3, 0.4) is 0 Å². The van der Waals surface area contributed by atoms with Gasteiger partial charge in [0.25, 0.3) is 0 Å². The number of hydrogen-bond acceptors (Lipinski definition) is 4. The molecule has 5 heteroatoms. The SMILES string of the molecule is CN(CC1CCNC1)c1cnccn1.Cl. The van der Waals surface area contributed by atoms with Gasteiger partial charge in [0, 0.05) is 26.0 Å². The van der Waals surface area contributed by atoms with Crippen molar-refractivity contribution in [3.8, 4) is 0 Å². The molecular weight excluding hydrogens is 212 g/mol. The second-order valence-corrected chi connectivity index (χ2v) is 3.80. The monoisotopic (exact) mass is 228 g/mol. The van der Waals surface area contributed by atoms with E-state index in [0.29, 0.717) is 0 Å². The zero-order valence-corrected chi connectivity index (χ0v) is 9.70. The maximum atomic E-state index is 4.26. The lowest BCUT2D eigenvalue weighted by Crippen LogP contribution is -2.27. The predicted molar refractivity (Wildman–Crippen MR) is 63.5 cm³/mol. The first-order valence-electron chi connectivity index (χ1n) is 5.04. The van der Waals surface area contributed by atoms with Crippen LogP contribution in [0.2, 0.25) is 0 Å². The first kappa shape index (κ1) is 12.2. The molecular formula is C10H17ClN4. The van der Waals surface area contributed by atoms with Crippen LogP contribution in [0.25, 0.3) is 0 Å². The summed E-state index contributed by atoms with van der Waals surface area (Å²) in [6.45, 7) is 3.34. The summed E-state index contributed by atoms with van der Waals surface area (Å²) in [6.07, 6.45) is 6.51. The molecule has 0 amide bonds. The Balaban J connectivity index is 0.00000112. The smallest absolute Gasteiger partial charge is 0.146 e. The van der Waals surface area contributed by atoms with Crippen molar-refractivity contribution in [3.63, 3.8) is 0 Å². The van der Waals surface area contributed by atoms with E-state index in [1.165, 1.54) is 6.42 Å². The highest BCUT2D eigenvalue weighted by atomic mass is 35.5. The molecule has 2 heterocycles. The molecule has 0 bridgehead atoms. The van der Waals surface area contributed by atoms with Gasteiger partial charge in [-0.3, -0.25) is 4.98 Å². The quantitative estimate of drug-likeness (QED) is 0.836. The van der Waals surface area contributed by atoms with Crippen LogP contribution in [0.4, 0.5) is 5.82 Å². The summed E-state index contributed by atoms with van der Waals surface area (Å²) in [4.78, 5) is 10.5. The molecule has 0 saturated carbocycles. The number of nitrogens with one attached hydrogen (secondary N) is 1. The molecule has 1 aliphatic heterocycles. The van der Waals surface area contributed by atoms with Gasteiger partial charge < -0.3 is 10.2 Å². The maximum Gasteiger partial charge on any atom is 0.146 e. The van der Waals surface area contributed by atoms with Crippen LogP contribution in [0.5, 0.6) is 0 Å². The molecule has 0 radical (unpaired) electrons. The summed E-state index contributed by atoms with van der Waals surface area (Å²) in [5, 5.41) is 3.37. The molecule has 2 rings (SSSR count). The number of rotatable bonds is 3. The average molecular weight is 229 g/mol. The van der Waals surface area contributed by atoms with E-state index in [1.807, 2.05) is 6.20 Å². The molecule has 4 nitrogen and oxygen atoms in total. The lowest BCUT2D eigenvalue weighted by Gasteiger charge is -2.20. The van der Waals surface area contributed by atoms with E-state index in [0.717, 1.165) is 31.4 Å². The van der Waals surface area contributed by atoms with Crippen LogP contribution >= 0.6 is 12.4 Å². The van der Waals surface area contributed by atoms with Gasteiger partial charge in [0.15, 0.2) is 0 Å². The Morgan fingerprint density at radius 3 is 3.00 bits per heavy atom. The van der Waals surface area contributed by atoms with Crippen LogP contribution in [-0.4, -0.2) is 36.6 Å². The molecule has 0 aromatic carbocycles. The lowest BCUT2D eigenvalue weighted by molar-refractivity contribution is 0.575. The van der Waals surface area contributed by atoms with E-state index in [-0.39, 0.29) is 12.4 Å². The van der Waals surface area contributed by atoms with E-state index in [1.54, 1.807) is 12.4 Å². The lowest BCUT2D eigenvalue weighted by atomic mass is 10.1. The van der Waals surface area contributed by atoms with E-state index in [9.17, 15) is 0 Å². The summed E-state index contributed by atoms with van der Waals surface area (Å²) in [5.41, 5.74) is 0. The molecule has 15 heavy (non-hydrogen) atoms. The van der Waals surface area contributed by atoms with Gasteiger partial charge in [-0.25, -0.2) is 4.98 Å². The Labute approximate surface area is 96.5 Å². The van der Waals surface area contributed by atoms with Crippen molar-refractivity contribution >= 4 is 18.2 Å². The molecule has 1 N–H and O–H groups in total. The van der Waals surface area contributed by atoms with Crippen molar-refractivity contribution in [2.75, 3.05) is 31.6 Å². The highest BCUT2D eigenvalue weighted by Crippen LogP contribution is 2.12. The van der Waals surface area contributed by atoms with Crippen molar-refractivity contribution in [1.29, 1.82) is 0 Å². The summed E-state index contributed by atoms with van der Waals surface area (Å²) in [7, 11) is 2.07. The van der Waals surface area contributed by atoms with Crippen molar-refractivity contribution < 1.29 is 0 Å². The van der Waals surface area contributed by atoms with E-state index >= 15 is 0 Å². The van der Waals surface area contributed by atoms with Gasteiger partial charge in [-0.1, -0.05) is 0 Å². The van der Waals surface area contributed by atoms with Crippen molar-refractivity contribution in [2.45, 2.75) is 6.42 Å². The number of halogens is 1. The van der Waals surface area contributed by atoms with Gasteiger partial charge in [-0.05, 0) is 25.4 Å². The number of hydrogen-bond donors (Lipinski definition) is 1. The van der Waals surface area contributed by atoms with E-state index < -0.39 is 0 Å². The topological polar surface area (TPSA) is 41.0 Å². The van der Waals surface area contributed by atoms with Gasteiger partial charge in [-0.15, -0.1) is 12.4 Å². The maximum absolute atomic E-state index is 4.26. The fourth-order valence-corrected chi connectivity index (χ4v) is 1.84. The third kappa shape index (κ3) is 3.32. The van der Waals surface area contributed by atoms with E-state index in [4.69, 9.17) is 0 Å². The van der Waals surface area contributed by atoms with Gasteiger partial charge in [0.2, 0.25) is 0 Å². The van der Waals surface area contributed by atoms with Crippen LogP contribution in [0.15, 0.2) is 18.6 Å². The third-order valence-electron chi connectivity index (χ3n) is 2.64. The minimum absolute atomic E-state index is 0. The van der Waals surface area contributed by atoms with Gasteiger partial charge in [-0.2, -0.15) is 0 Å². The molecule has 1 aliphatic rings. The Bertz CT molecular complexity index is 274. The normalized spacial score (nSPS) is 19.7. The molecule has 1 atom stereocenters. The Hall–Kier alpha value is -0.870. The highest BCUT2D eigenvalue weighted by Gasteiger charge is 2.16. The summed E-state index contributed by atoms with van der Waals surface area (Å²) in [6, 6.07) is 0.